The zero-order chi connectivity index (χ0) is 22.3. The van der Waals surface area contributed by atoms with Crippen LogP contribution in [0.5, 0.6) is 0 Å². The molecule has 2 N–H and O–H groups in total. The van der Waals surface area contributed by atoms with Crippen LogP contribution >= 0.6 is 27.4 Å². The topological polar surface area (TPSA) is 88.6 Å². The molecule has 0 unspecified atom stereocenters. The maximum absolute atomic E-state index is 15.6. The van der Waals surface area contributed by atoms with Gasteiger partial charge in [0.1, 0.15) is 18.0 Å². The van der Waals surface area contributed by atoms with Gasteiger partial charge in [-0.2, -0.15) is 4.98 Å². The Labute approximate surface area is 190 Å². The largest absolute Gasteiger partial charge is 0.414 e. The predicted octanol–water partition coefficient (Wildman–Crippen LogP) is 4.17. The lowest BCUT2D eigenvalue weighted by Gasteiger charge is -2.37. The number of halogens is 1. The molecule has 2 saturated heterocycles. The first-order valence-electron chi connectivity index (χ1n) is 9.69. The minimum absolute atomic E-state index is 0.00230. The third kappa shape index (κ3) is 5.33. The highest BCUT2D eigenvalue weighted by Gasteiger charge is 2.51. The number of rotatable bonds is 6. The Morgan fingerprint density at radius 1 is 1.43 bits per heavy atom. The summed E-state index contributed by atoms with van der Waals surface area (Å²) in [4.78, 5) is 16.0. The van der Waals surface area contributed by atoms with Gasteiger partial charge in [0.25, 0.3) is 0 Å². The highest BCUT2D eigenvalue weighted by Crippen LogP contribution is 2.75. The second kappa shape index (κ2) is 9.13. The number of hydrogen-bond acceptors (Lipinski definition) is 9. The summed E-state index contributed by atoms with van der Waals surface area (Å²) >= 11 is 8.85. The van der Waals surface area contributed by atoms with E-state index in [1.54, 1.807) is 22.8 Å². The fraction of sp³-hybridized carbons (Fsp3) is 0.765. The van der Waals surface area contributed by atoms with Crippen molar-refractivity contribution in [2.45, 2.75) is 63.5 Å². The smallest absolute Gasteiger partial charge is 0.351 e. The third-order valence-electron chi connectivity index (χ3n) is 5.64. The Bertz CT molecular complexity index is 875. The molecule has 2 fully saturated rings. The van der Waals surface area contributed by atoms with E-state index in [2.05, 4.69) is 38.8 Å². The van der Waals surface area contributed by atoms with Crippen LogP contribution in [0.25, 0.3) is 0 Å². The van der Waals surface area contributed by atoms with Gasteiger partial charge in [0.2, 0.25) is 0 Å². The summed E-state index contributed by atoms with van der Waals surface area (Å²) in [6, 6.07) is 1.44. The van der Waals surface area contributed by atoms with Crippen LogP contribution in [0.4, 0.5) is 10.2 Å². The van der Waals surface area contributed by atoms with E-state index in [9.17, 15) is 4.79 Å². The van der Waals surface area contributed by atoms with Gasteiger partial charge in [0.05, 0.1) is 6.61 Å². The lowest BCUT2D eigenvalue weighted by Crippen LogP contribution is -2.44. The average molecular weight is 514 g/mol. The SMILES string of the molecule is CC(C)(C)[Si](C)(C)OC[C@H]1O[C@@H](n2ccc(N)nc2=O)[C@H](F)[C@@H]1OP1(=S)SCCS1. The van der Waals surface area contributed by atoms with Gasteiger partial charge in [-0.05, 0) is 36.0 Å². The van der Waals surface area contributed by atoms with Gasteiger partial charge in [-0.15, -0.1) is 0 Å². The zero-order valence-corrected chi connectivity index (χ0v) is 22.1. The molecule has 3 rings (SSSR count). The second-order valence-corrected chi connectivity index (χ2v) is 24.3. The lowest BCUT2D eigenvalue weighted by molar-refractivity contribution is -0.0437. The van der Waals surface area contributed by atoms with Crippen molar-refractivity contribution in [2.24, 2.45) is 0 Å². The number of ether oxygens (including phenoxy) is 1. The lowest BCUT2D eigenvalue weighted by atomic mass is 10.1. The number of hydrogen-bond donors (Lipinski definition) is 1. The van der Waals surface area contributed by atoms with Crippen molar-refractivity contribution in [3.63, 3.8) is 0 Å². The van der Waals surface area contributed by atoms with Crippen LogP contribution in [0.1, 0.15) is 27.0 Å². The van der Waals surface area contributed by atoms with Crippen LogP contribution in [0.15, 0.2) is 17.1 Å². The quantitative estimate of drug-likeness (QED) is 0.445. The molecule has 1 aromatic rings. The Hall–Kier alpha value is 0.0569. The molecular weight excluding hydrogens is 484 g/mol. The molecule has 0 aliphatic carbocycles. The summed E-state index contributed by atoms with van der Waals surface area (Å²) in [6.45, 7) is 10.8. The normalized spacial score (nSPS) is 29.4. The highest BCUT2D eigenvalue weighted by molar-refractivity contribution is 9.00. The molecule has 2 aliphatic heterocycles. The Morgan fingerprint density at radius 2 is 2.07 bits per heavy atom. The van der Waals surface area contributed by atoms with Gasteiger partial charge in [0.15, 0.2) is 25.4 Å². The Balaban J connectivity index is 1.85. The van der Waals surface area contributed by atoms with Crippen molar-refractivity contribution >= 4 is 53.4 Å². The van der Waals surface area contributed by atoms with Gasteiger partial charge < -0.3 is 19.4 Å². The average Bonchev–Trinajstić information content (AvgIpc) is 3.18. The van der Waals surface area contributed by atoms with Gasteiger partial charge in [-0.3, -0.25) is 4.57 Å². The molecule has 7 nitrogen and oxygen atoms in total. The maximum Gasteiger partial charge on any atom is 0.351 e. The molecule has 0 bridgehead atoms. The number of aromatic nitrogens is 2. The zero-order valence-electron chi connectivity index (χ0n) is 17.7. The molecule has 0 saturated carbocycles. The fourth-order valence-electron chi connectivity index (χ4n) is 2.85. The van der Waals surface area contributed by atoms with E-state index < -0.39 is 43.3 Å². The molecule has 13 heteroatoms. The Kier molecular flexibility index (Phi) is 7.51. The van der Waals surface area contributed by atoms with Crippen molar-refractivity contribution in [1.82, 2.24) is 9.55 Å². The summed E-state index contributed by atoms with van der Waals surface area (Å²) in [5.41, 5.74) is 4.90. The number of nitrogens with two attached hydrogens (primary N) is 1. The molecule has 0 aromatic carbocycles. The molecule has 0 amide bonds. The summed E-state index contributed by atoms with van der Waals surface area (Å²) in [6.07, 6.45) is -2.93. The fourth-order valence-corrected chi connectivity index (χ4v) is 13.2. The van der Waals surface area contributed by atoms with E-state index in [-0.39, 0.29) is 17.5 Å². The van der Waals surface area contributed by atoms with Crippen molar-refractivity contribution in [1.29, 1.82) is 0 Å². The van der Waals surface area contributed by atoms with E-state index in [0.717, 1.165) is 16.1 Å². The van der Waals surface area contributed by atoms with Crippen molar-refractivity contribution in [3.8, 4) is 0 Å². The molecule has 3 heterocycles. The van der Waals surface area contributed by atoms with Crippen LogP contribution in [0.3, 0.4) is 0 Å². The van der Waals surface area contributed by atoms with Crippen LogP contribution < -0.4 is 11.4 Å². The molecule has 170 valence electrons. The number of nitrogens with zero attached hydrogens (tertiary/aromatic N) is 2. The molecule has 1 aromatic heterocycles. The van der Waals surface area contributed by atoms with E-state index in [1.165, 1.54) is 12.3 Å². The van der Waals surface area contributed by atoms with E-state index in [0.29, 0.717) is 0 Å². The van der Waals surface area contributed by atoms with Gasteiger partial charge >= 0.3 is 5.69 Å². The summed E-state index contributed by atoms with van der Waals surface area (Å²) in [5, 5.41) is -0.00230. The van der Waals surface area contributed by atoms with Gasteiger partial charge in [-0.1, -0.05) is 43.5 Å². The molecule has 0 radical (unpaired) electrons. The first-order chi connectivity index (χ1) is 13.8. The molecule has 4 atom stereocenters. The standard InChI is InChI=1S/C17H29FN3O4PS3Si/c1-17(2,3)30(4,5)23-10-11-14(25-26(27)28-8-9-29-26)13(18)15(24-11)21-7-6-12(19)20-16(21)22/h6-7,11,13-15H,8-10H2,1-5H3,(H2,19,20,22)/t11-,13-,14-,15-/m1/s1. The molecular formula is C17H29FN3O4PS3Si. The highest BCUT2D eigenvalue weighted by atomic mass is 33.2. The molecule has 0 spiro atoms. The van der Waals surface area contributed by atoms with Gasteiger partial charge in [0, 0.05) is 17.7 Å². The summed E-state index contributed by atoms with van der Waals surface area (Å²) in [7, 11) is -2.09. The monoisotopic (exact) mass is 513 g/mol. The minimum Gasteiger partial charge on any atom is -0.414 e. The van der Waals surface area contributed by atoms with E-state index in [4.69, 9.17) is 31.2 Å². The summed E-state index contributed by atoms with van der Waals surface area (Å²) in [5.74, 6) is 1.86. The van der Waals surface area contributed by atoms with Crippen molar-refractivity contribution < 1.29 is 18.1 Å². The van der Waals surface area contributed by atoms with Crippen LogP contribution in [0, 0.1) is 0 Å². The number of alkyl halides is 1. The minimum atomic E-state index is -2.25. The van der Waals surface area contributed by atoms with Crippen LogP contribution in [0.2, 0.25) is 18.1 Å². The van der Waals surface area contributed by atoms with E-state index >= 15 is 4.39 Å². The predicted molar refractivity (Wildman–Crippen MR) is 129 cm³/mol. The molecule has 2 aliphatic rings. The molecule has 30 heavy (non-hydrogen) atoms. The van der Waals surface area contributed by atoms with Gasteiger partial charge in [-0.25, -0.2) is 9.18 Å². The third-order valence-corrected chi connectivity index (χ3v) is 19.9. The first kappa shape index (κ1) is 24.7. The second-order valence-electron chi connectivity index (χ2n) is 8.81. The van der Waals surface area contributed by atoms with Crippen LogP contribution in [-0.2, 0) is 25.5 Å². The number of anilines is 1. The number of nitrogen functional groups attached to an aromatic ring is 1. The first-order valence-corrected chi connectivity index (χ1v) is 18.5. The van der Waals surface area contributed by atoms with Crippen LogP contribution in [-0.4, -0.2) is 54.4 Å². The summed E-state index contributed by atoms with van der Waals surface area (Å²) < 4.78 is 32.9. The van der Waals surface area contributed by atoms with E-state index in [1.807, 2.05) is 0 Å². The van der Waals surface area contributed by atoms with Crippen molar-refractivity contribution in [2.75, 3.05) is 23.8 Å². The van der Waals surface area contributed by atoms with Crippen molar-refractivity contribution in [3.05, 3.63) is 22.7 Å². The Morgan fingerprint density at radius 3 is 2.63 bits per heavy atom. The maximum atomic E-state index is 15.6.